The first-order chi connectivity index (χ1) is 9.79. The number of benzene rings is 2. The lowest BCUT2D eigenvalue weighted by Crippen LogP contribution is -2.13. The molecular weight excluding hydrogens is 289 g/mol. The highest BCUT2D eigenvalue weighted by atomic mass is 19.4. The van der Waals surface area contributed by atoms with Crippen LogP contribution in [0.5, 0.6) is 0 Å². The monoisotopic (exact) mass is 301 g/mol. The third kappa shape index (κ3) is 3.51. The van der Waals surface area contributed by atoms with Crippen LogP contribution in [0, 0.1) is 18.6 Å². The van der Waals surface area contributed by atoms with Crippen molar-refractivity contribution in [2.45, 2.75) is 19.6 Å². The van der Waals surface area contributed by atoms with Crippen molar-refractivity contribution in [1.82, 2.24) is 0 Å². The molecule has 0 bridgehead atoms. The van der Waals surface area contributed by atoms with Crippen LogP contribution in [-0.4, -0.2) is 0 Å². The second-order valence-corrected chi connectivity index (χ2v) is 4.58. The van der Waals surface area contributed by atoms with Gasteiger partial charge >= 0.3 is 6.18 Å². The number of halogens is 5. The Morgan fingerprint density at radius 3 is 2.38 bits per heavy atom. The van der Waals surface area contributed by atoms with Crippen LogP contribution < -0.4 is 5.32 Å². The van der Waals surface area contributed by atoms with Gasteiger partial charge in [0.2, 0.25) is 0 Å². The molecule has 0 spiro atoms. The maximum Gasteiger partial charge on any atom is 0.416 e. The number of hydrogen-bond acceptors (Lipinski definition) is 1. The molecule has 0 atom stereocenters. The summed E-state index contributed by atoms with van der Waals surface area (Å²) in [5.41, 5.74) is -0.504. The maximum absolute atomic E-state index is 13.6. The number of rotatable bonds is 3. The van der Waals surface area contributed by atoms with E-state index < -0.39 is 23.4 Å². The van der Waals surface area contributed by atoms with E-state index in [0.29, 0.717) is 11.6 Å². The second-order valence-electron chi connectivity index (χ2n) is 4.58. The first kappa shape index (κ1) is 15.3. The Bertz CT molecular complexity index is 629. The van der Waals surface area contributed by atoms with Crippen molar-refractivity contribution in [3.05, 3.63) is 64.7 Å². The van der Waals surface area contributed by atoms with Crippen LogP contribution in [-0.2, 0) is 12.7 Å². The van der Waals surface area contributed by atoms with E-state index in [-0.39, 0.29) is 17.8 Å². The van der Waals surface area contributed by atoms with Gasteiger partial charge < -0.3 is 5.32 Å². The van der Waals surface area contributed by atoms with Crippen molar-refractivity contribution in [3.8, 4) is 0 Å². The molecule has 6 heteroatoms. The Hall–Kier alpha value is -2.11. The minimum atomic E-state index is -4.66. The highest BCUT2D eigenvalue weighted by Gasteiger charge is 2.33. The van der Waals surface area contributed by atoms with Crippen molar-refractivity contribution < 1.29 is 22.0 Å². The molecule has 2 aromatic rings. The van der Waals surface area contributed by atoms with Crippen molar-refractivity contribution in [2.75, 3.05) is 5.32 Å². The van der Waals surface area contributed by atoms with Crippen LogP contribution in [0.1, 0.15) is 16.7 Å². The molecule has 0 aliphatic carbocycles. The molecular formula is C15H12F5N. The van der Waals surface area contributed by atoms with E-state index in [1.807, 2.05) is 0 Å². The van der Waals surface area contributed by atoms with Crippen LogP contribution in [0.4, 0.5) is 27.6 Å². The third-order valence-electron chi connectivity index (χ3n) is 3.05. The van der Waals surface area contributed by atoms with Crippen LogP contribution in [0.3, 0.4) is 0 Å². The minimum Gasteiger partial charge on any atom is -0.378 e. The number of aryl methyl sites for hydroxylation is 1. The van der Waals surface area contributed by atoms with E-state index >= 15 is 0 Å². The maximum atomic E-state index is 13.6. The predicted octanol–water partition coefficient (Wildman–Crippen LogP) is 4.90. The molecule has 0 aliphatic rings. The normalized spacial score (nSPS) is 11.5. The summed E-state index contributed by atoms with van der Waals surface area (Å²) >= 11 is 0. The van der Waals surface area contributed by atoms with Gasteiger partial charge in [-0.3, -0.25) is 0 Å². The average molecular weight is 301 g/mol. The fraction of sp³-hybridized carbons (Fsp3) is 0.200. The predicted molar refractivity (Wildman–Crippen MR) is 69.9 cm³/mol. The molecule has 0 unspecified atom stereocenters. The summed E-state index contributed by atoms with van der Waals surface area (Å²) in [6.07, 6.45) is -4.66. The number of para-hydroxylation sites is 1. The molecule has 1 N–H and O–H groups in total. The van der Waals surface area contributed by atoms with Crippen LogP contribution in [0.25, 0.3) is 0 Å². The van der Waals surface area contributed by atoms with Crippen molar-refractivity contribution >= 4 is 5.69 Å². The van der Waals surface area contributed by atoms with Crippen molar-refractivity contribution in [1.29, 1.82) is 0 Å². The molecule has 0 aliphatic heterocycles. The highest BCUT2D eigenvalue weighted by Crippen LogP contribution is 2.33. The zero-order valence-electron chi connectivity index (χ0n) is 11.1. The van der Waals surface area contributed by atoms with Gasteiger partial charge in [-0.25, -0.2) is 8.78 Å². The number of anilines is 1. The van der Waals surface area contributed by atoms with Gasteiger partial charge in [-0.15, -0.1) is 0 Å². The second kappa shape index (κ2) is 5.71. The van der Waals surface area contributed by atoms with Gasteiger partial charge in [-0.2, -0.15) is 13.2 Å². The van der Waals surface area contributed by atoms with Gasteiger partial charge in [0, 0.05) is 6.54 Å². The molecule has 0 radical (unpaired) electrons. The molecule has 0 fully saturated rings. The SMILES string of the molecule is Cc1cccc(F)c1NCc1ccc(F)cc1C(F)(F)F. The molecule has 1 nitrogen and oxygen atoms in total. The van der Waals surface area contributed by atoms with Crippen LogP contribution in [0.15, 0.2) is 36.4 Å². The summed E-state index contributed by atoms with van der Waals surface area (Å²) in [4.78, 5) is 0. The quantitative estimate of drug-likeness (QED) is 0.795. The Kier molecular flexibility index (Phi) is 4.16. The number of nitrogens with one attached hydrogen (secondary N) is 1. The molecule has 2 rings (SSSR count). The highest BCUT2D eigenvalue weighted by molar-refractivity contribution is 5.52. The Labute approximate surface area is 118 Å². The van der Waals surface area contributed by atoms with Gasteiger partial charge in [0.1, 0.15) is 11.6 Å². The standard InChI is InChI=1S/C15H12F5N/c1-9-3-2-4-13(17)14(9)21-8-10-5-6-11(16)7-12(10)15(18,19)20/h2-7,21H,8H2,1H3. The summed E-state index contributed by atoms with van der Waals surface area (Å²) in [6, 6.07) is 6.79. The number of alkyl halides is 3. The zero-order chi connectivity index (χ0) is 15.6. The van der Waals surface area contributed by atoms with E-state index in [2.05, 4.69) is 5.32 Å². The van der Waals surface area contributed by atoms with Crippen molar-refractivity contribution in [3.63, 3.8) is 0 Å². The zero-order valence-corrected chi connectivity index (χ0v) is 11.1. The largest absolute Gasteiger partial charge is 0.416 e. The van der Waals surface area contributed by atoms with Crippen LogP contribution >= 0.6 is 0 Å². The van der Waals surface area contributed by atoms with E-state index in [1.54, 1.807) is 13.0 Å². The first-order valence-electron chi connectivity index (χ1n) is 6.13. The summed E-state index contributed by atoms with van der Waals surface area (Å²) in [5.74, 6) is -1.51. The molecule has 21 heavy (non-hydrogen) atoms. The van der Waals surface area contributed by atoms with Crippen molar-refractivity contribution in [2.24, 2.45) is 0 Å². The summed E-state index contributed by atoms with van der Waals surface area (Å²) < 4.78 is 65.1. The van der Waals surface area contributed by atoms with E-state index in [4.69, 9.17) is 0 Å². The molecule has 112 valence electrons. The van der Waals surface area contributed by atoms with E-state index in [1.165, 1.54) is 12.1 Å². The summed E-state index contributed by atoms with van der Waals surface area (Å²) in [5, 5.41) is 2.63. The Morgan fingerprint density at radius 2 is 1.76 bits per heavy atom. The molecule has 0 saturated carbocycles. The molecule has 0 aromatic heterocycles. The first-order valence-corrected chi connectivity index (χ1v) is 6.13. The lowest BCUT2D eigenvalue weighted by atomic mass is 10.1. The minimum absolute atomic E-state index is 0.134. The van der Waals surface area contributed by atoms with Gasteiger partial charge in [0.15, 0.2) is 0 Å². The Balaban J connectivity index is 2.29. The Morgan fingerprint density at radius 1 is 1.05 bits per heavy atom. The van der Waals surface area contributed by atoms with Gasteiger partial charge in [-0.1, -0.05) is 18.2 Å². The van der Waals surface area contributed by atoms with E-state index in [0.717, 1.165) is 12.1 Å². The lowest BCUT2D eigenvalue weighted by molar-refractivity contribution is -0.138. The fourth-order valence-electron chi connectivity index (χ4n) is 2.01. The molecule has 0 heterocycles. The van der Waals surface area contributed by atoms with Gasteiger partial charge in [-0.05, 0) is 36.2 Å². The van der Waals surface area contributed by atoms with Crippen LogP contribution in [0.2, 0.25) is 0 Å². The van der Waals surface area contributed by atoms with E-state index in [9.17, 15) is 22.0 Å². The van der Waals surface area contributed by atoms with Gasteiger partial charge in [0.05, 0.1) is 11.3 Å². The average Bonchev–Trinajstić information content (AvgIpc) is 2.38. The smallest absolute Gasteiger partial charge is 0.378 e. The lowest BCUT2D eigenvalue weighted by Gasteiger charge is -2.15. The third-order valence-corrected chi connectivity index (χ3v) is 3.05. The summed E-state index contributed by atoms with van der Waals surface area (Å²) in [7, 11) is 0. The summed E-state index contributed by atoms with van der Waals surface area (Å²) in [6.45, 7) is 1.39. The van der Waals surface area contributed by atoms with Gasteiger partial charge in [0.25, 0.3) is 0 Å². The molecule has 0 amide bonds. The molecule has 2 aromatic carbocycles. The topological polar surface area (TPSA) is 12.0 Å². The molecule has 0 saturated heterocycles. The number of hydrogen-bond donors (Lipinski definition) is 1. The fourth-order valence-corrected chi connectivity index (χ4v) is 2.01.